The molecule has 84 valence electrons. The van der Waals surface area contributed by atoms with Crippen molar-refractivity contribution >= 4 is 0 Å². The predicted molar refractivity (Wildman–Crippen MR) is 60.4 cm³/mol. The first kappa shape index (κ1) is 12.0. The van der Waals surface area contributed by atoms with Gasteiger partial charge in [-0.15, -0.1) is 0 Å². The minimum Gasteiger partial charge on any atom is -0.390 e. The van der Waals surface area contributed by atoms with Crippen molar-refractivity contribution in [2.24, 2.45) is 0 Å². The van der Waals surface area contributed by atoms with Crippen molar-refractivity contribution in [3.63, 3.8) is 0 Å². The predicted octanol–water partition coefficient (Wildman–Crippen LogP) is 2.41. The van der Waals surface area contributed by atoms with Gasteiger partial charge in [-0.1, -0.05) is 13.3 Å². The van der Waals surface area contributed by atoms with Crippen LogP contribution in [0.1, 0.15) is 52.9 Å². The number of aliphatic hydroxyl groups is 1. The van der Waals surface area contributed by atoms with E-state index in [0.717, 1.165) is 32.4 Å². The molecule has 0 amide bonds. The molecule has 1 rings (SSSR count). The SMILES string of the molecule is CCCC(C)N1CCCC(C)(O)CC1. The van der Waals surface area contributed by atoms with Crippen molar-refractivity contribution in [3.8, 4) is 0 Å². The average molecular weight is 199 g/mol. The molecule has 2 atom stereocenters. The lowest BCUT2D eigenvalue weighted by atomic mass is 9.98. The van der Waals surface area contributed by atoms with Gasteiger partial charge >= 0.3 is 0 Å². The third-order valence-electron chi connectivity index (χ3n) is 3.43. The van der Waals surface area contributed by atoms with Gasteiger partial charge in [0, 0.05) is 12.6 Å². The summed E-state index contributed by atoms with van der Waals surface area (Å²) in [6.45, 7) is 8.75. The van der Waals surface area contributed by atoms with E-state index in [9.17, 15) is 5.11 Å². The molecule has 0 radical (unpaired) electrons. The second-order valence-electron chi connectivity index (χ2n) is 5.02. The monoisotopic (exact) mass is 199 g/mol. The zero-order chi connectivity index (χ0) is 10.6. The molecule has 1 heterocycles. The second-order valence-corrected chi connectivity index (χ2v) is 5.02. The lowest BCUT2D eigenvalue weighted by molar-refractivity contribution is 0.0432. The maximum atomic E-state index is 9.96. The summed E-state index contributed by atoms with van der Waals surface area (Å²) in [4.78, 5) is 2.53. The topological polar surface area (TPSA) is 23.5 Å². The lowest BCUT2D eigenvalue weighted by Gasteiger charge is -2.28. The zero-order valence-corrected chi connectivity index (χ0v) is 9.92. The van der Waals surface area contributed by atoms with Crippen molar-refractivity contribution in [1.82, 2.24) is 4.90 Å². The molecule has 0 aromatic rings. The molecule has 0 aliphatic carbocycles. The van der Waals surface area contributed by atoms with Gasteiger partial charge in [-0.2, -0.15) is 0 Å². The van der Waals surface area contributed by atoms with E-state index in [1.807, 2.05) is 6.92 Å². The molecule has 1 saturated heterocycles. The highest BCUT2D eigenvalue weighted by Crippen LogP contribution is 2.23. The number of likely N-dealkylation sites (tertiary alicyclic amines) is 1. The van der Waals surface area contributed by atoms with Crippen LogP contribution in [-0.2, 0) is 0 Å². The highest BCUT2D eigenvalue weighted by atomic mass is 16.3. The third kappa shape index (κ3) is 3.58. The van der Waals surface area contributed by atoms with Crippen LogP contribution in [0.15, 0.2) is 0 Å². The fourth-order valence-corrected chi connectivity index (χ4v) is 2.33. The Morgan fingerprint density at radius 2 is 2.07 bits per heavy atom. The van der Waals surface area contributed by atoms with E-state index in [2.05, 4.69) is 18.7 Å². The van der Waals surface area contributed by atoms with Gasteiger partial charge in [0.05, 0.1) is 5.60 Å². The maximum Gasteiger partial charge on any atom is 0.0632 e. The lowest BCUT2D eigenvalue weighted by Crippen LogP contribution is -2.35. The number of nitrogens with zero attached hydrogens (tertiary/aromatic N) is 1. The first-order chi connectivity index (χ1) is 6.55. The van der Waals surface area contributed by atoms with Crippen LogP contribution in [0.4, 0.5) is 0 Å². The Morgan fingerprint density at radius 3 is 2.71 bits per heavy atom. The van der Waals surface area contributed by atoms with Crippen LogP contribution in [0.25, 0.3) is 0 Å². The fourth-order valence-electron chi connectivity index (χ4n) is 2.33. The quantitative estimate of drug-likeness (QED) is 0.754. The van der Waals surface area contributed by atoms with Gasteiger partial charge in [-0.25, -0.2) is 0 Å². The van der Waals surface area contributed by atoms with Gasteiger partial charge in [-0.05, 0) is 46.1 Å². The smallest absolute Gasteiger partial charge is 0.0632 e. The van der Waals surface area contributed by atoms with Crippen molar-refractivity contribution in [2.75, 3.05) is 13.1 Å². The molecule has 0 aromatic carbocycles. The molecule has 0 bridgehead atoms. The Bertz CT molecular complexity index is 168. The molecule has 0 saturated carbocycles. The number of rotatable bonds is 3. The summed E-state index contributed by atoms with van der Waals surface area (Å²) >= 11 is 0. The average Bonchev–Trinajstić information content (AvgIpc) is 2.27. The normalized spacial score (nSPS) is 32.6. The van der Waals surface area contributed by atoms with Crippen LogP contribution in [0.3, 0.4) is 0 Å². The van der Waals surface area contributed by atoms with Gasteiger partial charge < -0.3 is 10.0 Å². The minimum absolute atomic E-state index is 0.416. The summed E-state index contributed by atoms with van der Waals surface area (Å²) in [6.07, 6.45) is 5.57. The molecule has 14 heavy (non-hydrogen) atoms. The van der Waals surface area contributed by atoms with Gasteiger partial charge in [0.1, 0.15) is 0 Å². The van der Waals surface area contributed by atoms with Crippen LogP contribution in [0, 0.1) is 0 Å². The highest BCUT2D eigenvalue weighted by Gasteiger charge is 2.26. The molecule has 1 N–H and O–H groups in total. The van der Waals surface area contributed by atoms with E-state index in [1.165, 1.54) is 12.8 Å². The molecule has 0 spiro atoms. The molecule has 2 unspecified atom stereocenters. The fraction of sp³-hybridized carbons (Fsp3) is 1.00. The van der Waals surface area contributed by atoms with Crippen LogP contribution in [0.5, 0.6) is 0 Å². The van der Waals surface area contributed by atoms with Crippen LogP contribution in [-0.4, -0.2) is 34.7 Å². The summed E-state index contributed by atoms with van der Waals surface area (Å²) in [6, 6.07) is 0.689. The zero-order valence-electron chi connectivity index (χ0n) is 9.92. The Hall–Kier alpha value is -0.0800. The Kier molecular flexibility index (Phi) is 4.39. The van der Waals surface area contributed by atoms with Crippen molar-refractivity contribution < 1.29 is 5.11 Å². The van der Waals surface area contributed by atoms with E-state index < -0.39 is 5.60 Å². The first-order valence-electron chi connectivity index (χ1n) is 6.01. The summed E-state index contributed by atoms with van der Waals surface area (Å²) in [5.41, 5.74) is -0.416. The molecule has 2 nitrogen and oxygen atoms in total. The van der Waals surface area contributed by atoms with E-state index >= 15 is 0 Å². The van der Waals surface area contributed by atoms with Crippen LogP contribution in [0.2, 0.25) is 0 Å². The molecule has 1 aliphatic rings. The Labute approximate surface area is 88.3 Å². The second kappa shape index (κ2) is 5.13. The van der Waals surface area contributed by atoms with E-state index in [1.54, 1.807) is 0 Å². The minimum atomic E-state index is -0.416. The van der Waals surface area contributed by atoms with Crippen LogP contribution < -0.4 is 0 Å². The van der Waals surface area contributed by atoms with Crippen molar-refractivity contribution in [3.05, 3.63) is 0 Å². The highest BCUT2D eigenvalue weighted by molar-refractivity contribution is 4.81. The summed E-state index contributed by atoms with van der Waals surface area (Å²) in [5.74, 6) is 0. The van der Waals surface area contributed by atoms with Crippen molar-refractivity contribution in [2.45, 2.75) is 64.5 Å². The Morgan fingerprint density at radius 1 is 1.36 bits per heavy atom. The summed E-state index contributed by atoms with van der Waals surface area (Å²) in [5, 5.41) is 9.96. The summed E-state index contributed by atoms with van der Waals surface area (Å²) < 4.78 is 0. The van der Waals surface area contributed by atoms with Gasteiger partial charge in [-0.3, -0.25) is 0 Å². The van der Waals surface area contributed by atoms with Crippen LogP contribution >= 0.6 is 0 Å². The standard InChI is InChI=1S/C12H25NO/c1-4-6-11(2)13-9-5-7-12(3,14)8-10-13/h11,14H,4-10H2,1-3H3. The molecule has 1 aliphatic heterocycles. The van der Waals surface area contributed by atoms with Gasteiger partial charge in [0.2, 0.25) is 0 Å². The van der Waals surface area contributed by atoms with Gasteiger partial charge in [0.15, 0.2) is 0 Å². The largest absolute Gasteiger partial charge is 0.390 e. The number of hydrogen-bond donors (Lipinski definition) is 1. The van der Waals surface area contributed by atoms with Gasteiger partial charge in [0.25, 0.3) is 0 Å². The van der Waals surface area contributed by atoms with E-state index in [-0.39, 0.29) is 0 Å². The molecule has 0 aromatic heterocycles. The molecular weight excluding hydrogens is 174 g/mol. The Balaban J connectivity index is 2.41. The summed E-state index contributed by atoms with van der Waals surface area (Å²) in [7, 11) is 0. The van der Waals surface area contributed by atoms with E-state index in [4.69, 9.17) is 0 Å². The van der Waals surface area contributed by atoms with Crippen molar-refractivity contribution in [1.29, 1.82) is 0 Å². The third-order valence-corrected chi connectivity index (χ3v) is 3.43. The van der Waals surface area contributed by atoms with E-state index in [0.29, 0.717) is 6.04 Å². The number of hydrogen-bond acceptors (Lipinski definition) is 2. The molecule has 2 heteroatoms. The first-order valence-corrected chi connectivity index (χ1v) is 6.01. The molecular formula is C12H25NO. The molecule has 1 fully saturated rings. The maximum absolute atomic E-state index is 9.96.